The highest BCUT2D eigenvalue weighted by Crippen LogP contribution is 2.17. The number of aromatic nitrogens is 2. The van der Waals surface area contributed by atoms with Crippen molar-refractivity contribution in [1.82, 2.24) is 9.97 Å². The molecule has 0 spiro atoms. The van der Waals surface area contributed by atoms with Gasteiger partial charge in [0.2, 0.25) is 5.88 Å². The van der Waals surface area contributed by atoms with Gasteiger partial charge in [0, 0.05) is 6.42 Å². The molecule has 0 radical (unpaired) electrons. The number of methoxy groups -OCH3 is 1. The molecule has 2 rings (SSSR count). The topological polar surface area (TPSA) is 81.3 Å². The quantitative estimate of drug-likeness (QED) is 0.833. The second-order valence-corrected chi connectivity index (χ2v) is 3.59. The van der Waals surface area contributed by atoms with E-state index in [-0.39, 0.29) is 11.6 Å². The van der Waals surface area contributed by atoms with E-state index in [1.165, 1.54) is 6.20 Å². The molecule has 17 heavy (non-hydrogen) atoms. The molecule has 5 nitrogen and oxygen atoms in total. The van der Waals surface area contributed by atoms with Gasteiger partial charge in [-0.1, -0.05) is 12.1 Å². The van der Waals surface area contributed by atoms with Crippen LogP contribution in [0.5, 0.6) is 11.6 Å². The van der Waals surface area contributed by atoms with Gasteiger partial charge in [-0.15, -0.1) is 0 Å². The molecule has 5 heteroatoms. The van der Waals surface area contributed by atoms with Crippen molar-refractivity contribution in [2.24, 2.45) is 0 Å². The number of ether oxygens (including phenoxy) is 1. The average Bonchev–Trinajstić information content (AvgIpc) is 2.35. The summed E-state index contributed by atoms with van der Waals surface area (Å²) in [6.07, 6.45) is 1.94. The van der Waals surface area contributed by atoms with Crippen molar-refractivity contribution in [2.75, 3.05) is 12.8 Å². The van der Waals surface area contributed by atoms with E-state index in [4.69, 9.17) is 10.5 Å². The Morgan fingerprint density at radius 1 is 1.29 bits per heavy atom. The zero-order valence-electron chi connectivity index (χ0n) is 9.42. The van der Waals surface area contributed by atoms with Gasteiger partial charge in [-0.25, -0.2) is 4.98 Å². The molecule has 0 amide bonds. The van der Waals surface area contributed by atoms with Gasteiger partial charge in [0.15, 0.2) is 0 Å². The maximum absolute atomic E-state index is 9.36. The van der Waals surface area contributed by atoms with Crippen LogP contribution in [0.4, 0.5) is 5.69 Å². The van der Waals surface area contributed by atoms with Crippen LogP contribution in [0.1, 0.15) is 11.4 Å². The third kappa shape index (κ3) is 2.63. The molecule has 0 aliphatic carbocycles. The number of nitrogen functional groups attached to an aromatic ring is 1. The number of aromatic hydroxyl groups is 1. The SMILES string of the molecule is COc1ccc(Cc2ncc(N)c(O)n2)cc1. The third-order valence-corrected chi connectivity index (χ3v) is 2.37. The van der Waals surface area contributed by atoms with Crippen LogP contribution in [0.25, 0.3) is 0 Å². The van der Waals surface area contributed by atoms with Crippen molar-refractivity contribution >= 4 is 5.69 Å². The molecule has 0 aliphatic rings. The molecule has 2 aromatic rings. The minimum atomic E-state index is -0.177. The zero-order chi connectivity index (χ0) is 12.3. The van der Waals surface area contributed by atoms with Crippen molar-refractivity contribution in [2.45, 2.75) is 6.42 Å². The Kier molecular flexibility index (Phi) is 3.09. The normalized spacial score (nSPS) is 10.2. The summed E-state index contributed by atoms with van der Waals surface area (Å²) < 4.78 is 5.07. The molecule has 1 heterocycles. The summed E-state index contributed by atoms with van der Waals surface area (Å²) in [4.78, 5) is 7.95. The molecule has 0 bridgehead atoms. The number of nitrogens with zero attached hydrogens (tertiary/aromatic N) is 2. The lowest BCUT2D eigenvalue weighted by Crippen LogP contribution is -1.99. The number of hydrogen-bond donors (Lipinski definition) is 2. The van der Waals surface area contributed by atoms with Crippen LogP contribution in [-0.4, -0.2) is 22.2 Å². The number of nitrogens with two attached hydrogens (primary N) is 1. The van der Waals surface area contributed by atoms with E-state index in [9.17, 15) is 5.11 Å². The first-order valence-electron chi connectivity index (χ1n) is 5.12. The molecule has 1 aromatic carbocycles. The van der Waals surface area contributed by atoms with Gasteiger partial charge < -0.3 is 15.6 Å². The Morgan fingerprint density at radius 2 is 2.00 bits per heavy atom. The van der Waals surface area contributed by atoms with E-state index in [1.54, 1.807) is 7.11 Å². The minimum absolute atomic E-state index is 0.177. The molecule has 0 atom stereocenters. The van der Waals surface area contributed by atoms with Gasteiger partial charge in [0.25, 0.3) is 0 Å². The fraction of sp³-hybridized carbons (Fsp3) is 0.167. The number of anilines is 1. The summed E-state index contributed by atoms with van der Waals surface area (Å²) in [6, 6.07) is 7.59. The van der Waals surface area contributed by atoms with Crippen molar-refractivity contribution in [3.05, 3.63) is 41.9 Å². The van der Waals surface area contributed by atoms with Gasteiger partial charge in [0.1, 0.15) is 17.3 Å². The Bertz CT molecular complexity index is 512. The third-order valence-electron chi connectivity index (χ3n) is 2.37. The van der Waals surface area contributed by atoms with Crippen LogP contribution < -0.4 is 10.5 Å². The summed E-state index contributed by atoms with van der Waals surface area (Å²) in [7, 11) is 1.62. The summed E-state index contributed by atoms with van der Waals surface area (Å²) in [6.45, 7) is 0. The predicted octanol–water partition coefficient (Wildman–Crippen LogP) is 1.36. The van der Waals surface area contributed by atoms with Crippen molar-refractivity contribution in [3.63, 3.8) is 0 Å². The standard InChI is InChI=1S/C12H13N3O2/c1-17-9-4-2-8(3-5-9)6-11-14-7-10(13)12(16)15-11/h2-5,7H,6,13H2,1H3,(H,14,15,16). The first kappa shape index (κ1) is 11.2. The maximum atomic E-state index is 9.36. The zero-order valence-corrected chi connectivity index (χ0v) is 9.42. The number of hydrogen-bond acceptors (Lipinski definition) is 5. The van der Waals surface area contributed by atoms with Crippen LogP contribution >= 0.6 is 0 Å². The van der Waals surface area contributed by atoms with Gasteiger partial charge >= 0.3 is 0 Å². The molecular formula is C12H13N3O2. The summed E-state index contributed by atoms with van der Waals surface area (Å²) >= 11 is 0. The molecule has 1 aromatic heterocycles. The minimum Gasteiger partial charge on any atom is -0.497 e. The Labute approximate surface area is 98.9 Å². The van der Waals surface area contributed by atoms with Gasteiger partial charge in [-0.3, -0.25) is 0 Å². The van der Waals surface area contributed by atoms with Gasteiger partial charge in [0.05, 0.1) is 13.3 Å². The fourth-order valence-corrected chi connectivity index (χ4v) is 1.43. The largest absolute Gasteiger partial charge is 0.497 e. The van der Waals surface area contributed by atoms with E-state index < -0.39 is 0 Å². The fourth-order valence-electron chi connectivity index (χ4n) is 1.43. The highest BCUT2D eigenvalue weighted by atomic mass is 16.5. The first-order valence-corrected chi connectivity index (χ1v) is 5.12. The van der Waals surface area contributed by atoms with E-state index in [2.05, 4.69) is 9.97 Å². The van der Waals surface area contributed by atoms with E-state index in [1.807, 2.05) is 24.3 Å². The number of benzene rings is 1. The van der Waals surface area contributed by atoms with Crippen LogP contribution in [0.15, 0.2) is 30.5 Å². The Hall–Kier alpha value is -2.30. The lowest BCUT2D eigenvalue weighted by molar-refractivity contribution is 0.414. The maximum Gasteiger partial charge on any atom is 0.238 e. The van der Waals surface area contributed by atoms with E-state index in [0.717, 1.165) is 11.3 Å². The average molecular weight is 231 g/mol. The molecule has 3 N–H and O–H groups in total. The van der Waals surface area contributed by atoms with Crippen molar-refractivity contribution in [3.8, 4) is 11.6 Å². The summed E-state index contributed by atoms with van der Waals surface area (Å²) in [5.41, 5.74) is 6.65. The molecule has 0 aliphatic heterocycles. The summed E-state index contributed by atoms with van der Waals surface area (Å²) in [5.74, 6) is 1.15. The van der Waals surface area contributed by atoms with Gasteiger partial charge in [-0.2, -0.15) is 4.98 Å². The molecular weight excluding hydrogens is 218 g/mol. The van der Waals surface area contributed by atoms with E-state index >= 15 is 0 Å². The van der Waals surface area contributed by atoms with Gasteiger partial charge in [-0.05, 0) is 17.7 Å². The second-order valence-electron chi connectivity index (χ2n) is 3.59. The molecule has 0 saturated carbocycles. The molecule has 0 fully saturated rings. The highest BCUT2D eigenvalue weighted by molar-refractivity contribution is 5.44. The summed E-state index contributed by atoms with van der Waals surface area (Å²) in [5, 5.41) is 9.36. The number of rotatable bonds is 3. The van der Waals surface area contributed by atoms with Crippen molar-refractivity contribution < 1.29 is 9.84 Å². The molecule has 0 saturated heterocycles. The molecule has 0 unspecified atom stereocenters. The molecule has 88 valence electrons. The van der Waals surface area contributed by atoms with Crippen LogP contribution in [0, 0.1) is 0 Å². The van der Waals surface area contributed by atoms with E-state index in [0.29, 0.717) is 12.2 Å². The second kappa shape index (κ2) is 4.69. The highest BCUT2D eigenvalue weighted by Gasteiger charge is 2.04. The Morgan fingerprint density at radius 3 is 2.59 bits per heavy atom. The first-order chi connectivity index (χ1) is 8.19. The van der Waals surface area contributed by atoms with Crippen LogP contribution in [0.2, 0.25) is 0 Å². The Balaban J connectivity index is 2.16. The van der Waals surface area contributed by atoms with Crippen LogP contribution in [-0.2, 0) is 6.42 Å². The predicted molar refractivity (Wildman–Crippen MR) is 63.9 cm³/mol. The smallest absolute Gasteiger partial charge is 0.238 e. The lowest BCUT2D eigenvalue weighted by Gasteiger charge is -2.04. The van der Waals surface area contributed by atoms with Crippen LogP contribution in [0.3, 0.4) is 0 Å². The monoisotopic (exact) mass is 231 g/mol. The lowest BCUT2D eigenvalue weighted by atomic mass is 10.1. The van der Waals surface area contributed by atoms with Crippen molar-refractivity contribution in [1.29, 1.82) is 0 Å².